The number of nitrogens with one attached hydrogen (secondary N) is 1. The molecule has 1 N–H and O–H groups in total. The van der Waals surface area contributed by atoms with E-state index in [-0.39, 0.29) is 11.0 Å². The lowest BCUT2D eigenvalue weighted by Gasteiger charge is -2.14. The van der Waals surface area contributed by atoms with Gasteiger partial charge in [0.05, 0.1) is 11.2 Å². The Morgan fingerprint density at radius 1 is 1.03 bits per heavy atom. The maximum atomic E-state index is 13.0. The van der Waals surface area contributed by atoms with Gasteiger partial charge in [-0.15, -0.1) is 0 Å². The van der Waals surface area contributed by atoms with E-state index in [1.165, 1.54) is 0 Å². The number of hydrogen-bond donors (Lipinski definition) is 1. The summed E-state index contributed by atoms with van der Waals surface area (Å²) in [7, 11) is 0. The van der Waals surface area contributed by atoms with Gasteiger partial charge in [0.1, 0.15) is 11.3 Å². The molecule has 3 aromatic carbocycles. The molecule has 0 fully saturated rings. The highest BCUT2D eigenvalue weighted by atomic mass is 35.5. The van der Waals surface area contributed by atoms with E-state index in [2.05, 4.69) is 5.32 Å². The summed E-state index contributed by atoms with van der Waals surface area (Å²) in [5.41, 5.74) is 0.883. The largest absolute Gasteiger partial charge is 0.455 e. The molecule has 0 saturated heterocycles. The van der Waals surface area contributed by atoms with Gasteiger partial charge in [0.15, 0.2) is 5.75 Å². The lowest BCUT2D eigenvalue weighted by atomic mass is 10.1. The SMILES string of the molecule is CCn1cc(C(=O)Nc2ccccc2Oc2ccccc2)c(=O)c2cc(Cl)ccc21. The lowest BCUT2D eigenvalue weighted by Crippen LogP contribution is -2.24. The smallest absolute Gasteiger partial charge is 0.261 e. The maximum Gasteiger partial charge on any atom is 0.261 e. The normalized spacial score (nSPS) is 10.7. The zero-order valence-electron chi connectivity index (χ0n) is 16.3. The standard InChI is InChI=1S/C24H19ClN2O3/c1-2-27-15-19(23(28)18-14-16(25)12-13-21(18)27)24(29)26-20-10-6-7-11-22(20)30-17-8-4-3-5-9-17/h3-15H,2H2,1H3,(H,26,29). The van der Waals surface area contributed by atoms with Gasteiger partial charge < -0.3 is 14.6 Å². The molecule has 0 saturated carbocycles. The van der Waals surface area contributed by atoms with Gasteiger partial charge in [-0.05, 0) is 49.4 Å². The van der Waals surface area contributed by atoms with E-state index in [1.807, 2.05) is 47.9 Å². The van der Waals surface area contributed by atoms with Gasteiger partial charge in [0.2, 0.25) is 5.43 Å². The van der Waals surface area contributed by atoms with E-state index >= 15 is 0 Å². The van der Waals surface area contributed by atoms with Crippen LogP contribution in [0.2, 0.25) is 5.02 Å². The zero-order valence-corrected chi connectivity index (χ0v) is 17.0. The van der Waals surface area contributed by atoms with E-state index in [9.17, 15) is 9.59 Å². The summed E-state index contributed by atoms with van der Waals surface area (Å²) < 4.78 is 7.75. The fraction of sp³-hybridized carbons (Fsp3) is 0.0833. The third-order valence-corrected chi connectivity index (χ3v) is 4.97. The predicted molar refractivity (Wildman–Crippen MR) is 120 cm³/mol. The maximum absolute atomic E-state index is 13.0. The summed E-state index contributed by atoms with van der Waals surface area (Å²) in [6, 6.07) is 21.5. The molecule has 5 nitrogen and oxygen atoms in total. The van der Waals surface area contributed by atoms with E-state index in [0.717, 1.165) is 5.52 Å². The van der Waals surface area contributed by atoms with Crippen molar-refractivity contribution in [1.29, 1.82) is 0 Å². The Morgan fingerprint density at radius 2 is 1.77 bits per heavy atom. The fourth-order valence-corrected chi connectivity index (χ4v) is 3.43. The van der Waals surface area contributed by atoms with Crippen LogP contribution in [0.4, 0.5) is 5.69 Å². The monoisotopic (exact) mass is 418 g/mol. The van der Waals surface area contributed by atoms with E-state index in [4.69, 9.17) is 16.3 Å². The van der Waals surface area contributed by atoms with Crippen molar-refractivity contribution >= 4 is 34.1 Å². The number of amides is 1. The lowest BCUT2D eigenvalue weighted by molar-refractivity contribution is 0.102. The average molecular weight is 419 g/mol. The van der Waals surface area contributed by atoms with Crippen LogP contribution in [0.1, 0.15) is 17.3 Å². The summed E-state index contributed by atoms with van der Waals surface area (Å²) in [6.07, 6.45) is 1.58. The number of aryl methyl sites for hydroxylation is 1. The van der Waals surface area contributed by atoms with Gasteiger partial charge in [-0.2, -0.15) is 0 Å². The Balaban J connectivity index is 1.71. The minimum absolute atomic E-state index is 0.0427. The number of benzene rings is 3. The number of fused-ring (bicyclic) bond motifs is 1. The fourth-order valence-electron chi connectivity index (χ4n) is 3.26. The van der Waals surface area contributed by atoms with Gasteiger partial charge in [-0.1, -0.05) is 41.9 Å². The number of anilines is 1. The van der Waals surface area contributed by atoms with Crippen molar-refractivity contribution in [3.05, 3.63) is 99.8 Å². The second-order valence-corrected chi connectivity index (χ2v) is 7.12. The number of ether oxygens (including phenoxy) is 1. The quantitative estimate of drug-likeness (QED) is 0.451. The number of carbonyl (C=O) groups excluding carboxylic acids is 1. The molecule has 0 aliphatic heterocycles. The molecule has 0 radical (unpaired) electrons. The van der Waals surface area contributed by atoms with Gasteiger partial charge in [0, 0.05) is 23.2 Å². The first kappa shape index (κ1) is 19.7. The summed E-state index contributed by atoms with van der Waals surface area (Å²) in [5, 5.41) is 3.66. The van der Waals surface area contributed by atoms with Gasteiger partial charge >= 0.3 is 0 Å². The highest BCUT2D eigenvalue weighted by Crippen LogP contribution is 2.29. The second kappa shape index (κ2) is 8.43. The van der Waals surface area contributed by atoms with Crippen molar-refractivity contribution in [2.75, 3.05) is 5.32 Å². The Bertz CT molecular complexity index is 1280. The number of halogens is 1. The molecule has 4 aromatic rings. The Kier molecular flexibility index (Phi) is 5.55. The molecular weight excluding hydrogens is 400 g/mol. The Labute approximate surface area is 178 Å². The molecule has 0 bridgehead atoms. The van der Waals surface area contributed by atoms with Crippen LogP contribution in [-0.2, 0) is 6.54 Å². The van der Waals surface area contributed by atoms with Crippen molar-refractivity contribution in [2.24, 2.45) is 0 Å². The predicted octanol–water partition coefficient (Wildman–Crippen LogP) is 5.72. The second-order valence-electron chi connectivity index (χ2n) is 6.68. The van der Waals surface area contributed by atoms with Crippen molar-refractivity contribution in [3.63, 3.8) is 0 Å². The molecule has 150 valence electrons. The van der Waals surface area contributed by atoms with Gasteiger partial charge in [-0.25, -0.2) is 0 Å². The molecule has 0 aliphatic carbocycles. The third-order valence-electron chi connectivity index (χ3n) is 4.73. The van der Waals surface area contributed by atoms with Crippen molar-refractivity contribution in [1.82, 2.24) is 4.57 Å². The van der Waals surface area contributed by atoms with Crippen LogP contribution in [0.15, 0.2) is 83.8 Å². The molecule has 0 spiro atoms. The minimum atomic E-state index is -0.506. The number of hydrogen-bond acceptors (Lipinski definition) is 3. The molecule has 0 aliphatic rings. The number of carbonyl (C=O) groups is 1. The number of aromatic nitrogens is 1. The number of nitrogens with zero attached hydrogens (tertiary/aromatic N) is 1. The molecule has 30 heavy (non-hydrogen) atoms. The first-order chi connectivity index (χ1) is 14.6. The van der Waals surface area contributed by atoms with Crippen LogP contribution in [0.3, 0.4) is 0 Å². The van der Waals surface area contributed by atoms with Crippen LogP contribution in [0, 0.1) is 0 Å². The molecule has 1 amide bonds. The highest BCUT2D eigenvalue weighted by molar-refractivity contribution is 6.31. The van der Waals surface area contributed by atoms with Gasteiger partial charge in [0.25, 0.3) is 5.91 Å². The number of rotatable bonds is 5. The molecule has 0 atom stereocenters. The van der Waals surface area contributed by atoms with Crippen molar-refractivity contribution in [3.8, 4) is 11.5 Å². The average Bonchev–Trinajstić information content (AvgIpc) is 2.76. The first-order valence-corrected chi connectivity index (χ1v) is 9.90. The molecule has 4 rings (SSSR count). The third kappa shape index (κ3) is 3.93. The Hall–Kier alpha value is -3.57. The van der Waals surface area contributed by atoms with Crippen LogP contribution in [-0.4, -0.2) is 10.5 Å². The molecule has 1 heterocycles. The van der Waals surface area contributed by atoms with Crippen LogP contribution in [0.25, 0.3) is 10.9 Å². The van der Waals surface area contributed by atoms with Crippen LogP contribution < -0.4 is 15.5 Å². The number of para-hydroxylation sites is 3. The topological polar surface area (TPSA) is 60.3 Å². The van der Waals surface area contributed by atoms with Gasteiger partial charge in [-0.3, -0.25) is 9.59 Å². The van der Waals surface area contributed by atoms with Crippen LogP contribution in [0.5, 0.6) is 11.5 Å². The summed E-state index contributed by atoms with van der Waals surface area (Å²) >= 11 is 6.08. The molecule has 0 unspecified atom stereocenters. The van der Waals surface area contributed by atoms with E-state index in [1.54, 1.807) is 42.6 Å². The number of pyridine rings is 1. The first-order valence-electron chi connectivity index (χ1n) is 9.53. The highest BCUT2D eigenvalue weighted by Gasteiger charge is 2.17. The Morgan fingerprint density at radius 3 is 2.53 bits per heavy atom. The molecule has 1 aromatic heterocycles. The van der Waals surface area contributed by atoms with Crippen LogP contribution >= 0.6 is 11.6 Å². The summed E-state index contributed by atoms with van der Waals surface area (Å²) in [5.74, 6) is 0.623. The van der Waals surface area contributed by atoms with E-state index in [0.29, 0.717) is 34.1 Å². The molecule has 6 heteroatoms. The summed E-state index contributed by atoms with van der Waals surface area (Å²) in [4.78, 5) is 26.0. The van der Waals surface area contributed by atoms with Crippen molar-refractivity contribution < 1.29 is 9.53 Å². The van der Waals surface area contributed by atoms with E-state index < -0.39 is 5.91 Å². The van der Waals surface area contributed by atoms with Crippen molar-refractivity contribution in [2.45, 2.75) is 13.5 Å². The zero-order chi connectivity index (χ0) is 21.1. The summed E-state index contributed by atoms with van der Waals surface area (Å²) in [6.45, 7) is 2.55. The minimum Gasteiger partial charge on any atom is -0.455 e. The molecular formula is C24H19ClN2O3.